The quantitative estimate of drug-likeness (QED) is 0.194. The average molecular weight is 409 g/mol. The van der Waals surface area contributed by atoms with Crippen molar-refractivity contribution >= 4 is 23.5 Å². The normalized spacial score (nSPS) is 22.2. The Balaban J connectivity index is 3.25. The number of aliphatic hydroxyl groups is 2. The monoisotopic (exact) mass is 408 g/mol. The summed E-state index contributed by atoms with van der Waals surface area (Å²) in [5, 5.41) is 21.4. The van der Waals surface area contributed by atoms with Gasteiger partial charge in [0.25, 0.3) is 0 Å². The molecule has 0 saturated heterocycles. The first-order valence-corrected chi connectivity index (χ1v) is 12.1. The van der Waals surface area contributed by atoms with E-state index in [4.69, 9.17) is 22.9 Å². The van der Waals surface area contributed by atoms with Crippen LogP contribution in [0.5, 0.6) is 0 Å². The second-order valence-electron chi connectivity index (χ2n) is 7.50. The molecule has 0 spiro atoms. The number of hydrogen-bond acceptors (Lipinski definition) is 8. The van der Waals surface area contributed by atoms with Gasteiger partial charge in [0.2, 0.25) is 0 Å². The summed E-state index contributed by atoms with van der Waals surface area (Å²) in [6.45, 7) is 2.17. The van der Waals surface area contributed by atoms with Gasteiger partial charge in [-0.15, -0.1) is 11.8 Å². The molecule has 0 bridgehead atoms. The van der Waals surface area contributed by atoms with Crippen molar-refractivity contribution in [2.75, 3.05) is 25.2 Å². The lowest BCUT2D eigenvalue weighted by Crippen LogP contribution is -2.79. The van der Waals surface area contributed by atoms with Gasteiger partial charge in [-0.25, -0.2) is 0 Å². The van der Waals surface area contributed by atoms with Crippen LogP contribution in [0.2, 0.25) is 0 Å². The fourth-order valence-electron chi connectivity index (χ4n) is 4.39. The zero-order chi connectivity index (χ0) is 19.8. The van der Waals surface area contributed by atoms with Crippen molar-refractivity contribution in [2.45, 2.75) is 79.7 Å². The molecule has 8 heteroatoms. The molecule has 0 heterocycles. The molecule has 0 aromatic rings. The fourth-order valence-corrected chi connectivity index (χ4v) is 7.10. The molecule has 0 aliphatic heterocycles. The smallest absolute Gasteiger partial charge is 0.107 e. The molecule has 156 valence electrons. The SMILES string of the molecule is CCSC(C(O)CCCCN)(C(N)C(SC)C1CCCC1)C(N)(N)CO. The van der Waals surface area contributed by atoms with Gasteiger partial charge < -0.3 is 33.1 Å². The van der Waals surface area contributed by atoms with E-state index in [1.807, 2.05) is 6.92 Å². The van der Waals surface area contributed by atoms with Gasteiger partial charge in [0, 0.05) is 11.3 Å². The topological polar surface area (TPSA) is 145 Å². The van der Waals surface area contributed by atoms with Gasteiger partial charge in [0.1, 0.15) is 5.66 Å². The Kier molecular flexibility index (Phi) is 10.8. The highest BCUT2D eigenvalue weighted by Gasteiger charge is 2.58. The molecular formula is C18H40N4O2S2. The van der Waals surface area contributed by atoms with Crippen molar-refractivity contribution in [1.29, 1.82) is 0 Å². The zero-order valence-electron chi connectivity index (χ0n) is 16.4. The van der Waals surface area contributed by atoms with Crippen molar-refractivity contribution in [2.24, 2.45) is 28.9 Å². The maximum atomic E-state index is 11.2. The summed E-state index contributed by atoms with van der Waals surface area (Å²) in [5.74, 6) is 1.21. The number of hydrogen-bond donors (Lipinski definition) is 6. The van der Waals surface area contributed by atoms with E-state index in [-0.39, 0.29) is 5.25 Å². The minimum absolute atomic E-state index is 0.152. The predicted molar refractivity (Wildman–Crippen MR) is 115 cm³/mol. The van der Waals surface area contributed by atoms with Gasteiger partial charge in [-0.1, -0.05) is 19.8 Å². The minimum atomic E-state index is -1.47. The van der Waals surface area contributed by atoms with Crippen LogP contribution in [0, 0.1) is 5.92 Å². The third-order valence-electron chi connectivity index (χ3n) is 5.78. The van der Waals surface area contributed by atoms with E-state index in [1.54, 1.807) is 11.8 Å². The molecular weight excluding hydrogens is 368 g/mol. The highest BCUT2D eigenvalue weighted by atomic mass is 32.2. The van der Waals surface area contributed by atoms with E-state index < -0.39 is 29.2 Å². The van der Waals surface area contributed by atoms with Gasteiger partial charge >= 0.3 is 0 Å². The van der Waals surface area contributed by atoms with Crippen LogP contribution in [0.3, 0.4) is 0 Å². The first-order chi connectivity index (χ1) is 12.3. The van der Waals surface area contributed by atoms with Gasteiger partial charge in [0.05, 0.1) is 17.5 Å². The summed E-state index contributed by atoms with van der Waals surface area (Å²) >= 11 is 3.24. The summed E-state index contributed by atoms with van der Waals surface area (Å²) in [6.07, 6.45) is 8.15. The molecule has 1 rings (SSSR count). The Morgan fingerprint density at radius 3 is 2.27 bits per heavy atom. The standard InChI is InChI=1S/C18H40N4O2S2/c1-3-26-18(17(21,22)12-23,14(24)10-6-7-11-19)16(20)15(25-2)13-8-4-5-9-13/h13-16,23-24H,3-12,19-22H2,1-2H3. The number of aliphatic hydroxyl groups excluding tert-OH is 2. The Labute approximate surface area is 167 Å². The van der Waals surface area contributed by atoms with Crippen LogP contribution < -0.4 is 22.9 Å². The van der Waals surface area contributed by atoms with Crippen LogP contribution in [0.1, 0.15) is 51.9 Å². The Morgan fingerprint density at radius 1 is 1.19 bits per heavy atom. The molecule has 0 aromatic carbocycles. The molecule has 1 saturated carbocycles. The molecule has 26 heavy (non-hydrogen) atoms. The molecule has 6 nitrogen and oxygen atoms in total. The summed E-state index contributed by atoms with van der Waals surface area (Å²) in [6, 6.07) is -0.416. The van der Waals surface area contributed by atoms with Crippen LogP contribution in [-0.4, -0.2) is 63.2 Å². The van der Waals surface area contributed by atoms with Gasteiger partial charge in [-0.2, -0.15) is 11.8 Å². The fraction of sp³-hybridized carbons (Fsp3) is 1.00. The molecule has 1 aliphatic rings. The Morgan fingerprint density at radius 2 is 1.81 bits per heavy atom. The van der Waals surface area contributed by atoms with Crippen LogP contribution in [0.25, 0.3) is 0 Å². The largest absolute Gasteiger partial charge is 0.393 e. The molecule has 0 radical (unpaired) electrons. The Hall–Kier alpha value is 0.460. The van der Waals surface area contributed by atoms with Gasteiger partial charge in [-0.05, 0) is 56.6 Å². The summed E-state index contributed by atoms with van der Waals surface area (Å²) < 4.78 is -1.01. The third-order valence-corrected chi connectivity index (χ3v) is 8.70. The lowest BCUT2D eigenvalue weighted by Gasteiger charge is -2.53. The van der Waals surface area contributed by atoms with E-state index in [2.05, 4.69) is 6.26 Å². The number of nitrogens with two attached hydrogens (primary N) is 4. The van der Waals surface area contributed by atoms with Crippen LogP contribution in [0.4, 0.5) is 0 Å². The lowest BCUT2D eigenvalue weighted by atomic mass is 9.76. The molecule has 0 amide bonds. The third kappa shape index (κ3) is 5.29. The van der Waals surface area contributed by atoms with E-state index >= 15 is 0 Å². The van der Waals surface area contributed by atoms with E-state index in [0.29, 0.717) is 24.6 Å². The highest BCUT2D eigenvalue weighted by Crippen LogP contribution is 2.46. The Bertz CT molecular complexity index is 397. The van der Waals surface area contributed by atoms with E-state index in [1.165, 1.54) is 24.6 Å². The molecule has 1 aliphatic carbocycles. The molecule has 4 atom stereocenters. The second-order valence-corrected chi connectivity index (χ2v) is 10.1. The maximum absolute atomic E-state index is 11.2. The van der Waals surface area contributed by atoms with Crippen molar-refractivity contribution in [1.82, 2.24) is 0 Å². The van der Waals surface area contributed by atoms with Crippen LogP contribution in [0.15, 0.2) is 0 Å². The van der Waals surface area contributed by atoms with Crippen molar-refractivity contribution in [3.05, 3.63) is 0 Å². The summed E-state index contributed by atoms with van der Waals surface area (Å²) in [4.78, 5) is 0. The molecule has 10 N–H and O–H groups in total. The lowest BCUT2D eigenvalue weighted by molar-refractivity contribution is 0.0337. The van der Waals surface area contributed by atoms with E-state index in [0.717, 1.165) is 25.7 Å². The van der Waals surface area contributed by atoms with Gasteiger partial charge in [-0.3, -0.25) is 0 Å². The van der Waals surface area contributed by atoms with Crippen molar-refractivity contribution in [3.63, 3.8) is 0 Å². The van der Waals surface area contributed by atoms with E-state index in [9.17, 15) is 10.2 Å². The first-order valence-electron chi connectivity index (χ1n) is 9.81. The highest BCUT2D eigenvalue weighted by molar-refractivity contribution is 8.01. The molecule has 1 fully saturated rings. The number of thioether (sulfide) groups is 2. The van der Waals surface area contributed by atoms with Crippen molar-refractivity contribution in [3.8, 4) is 0 Å². The number of unbranched alkanes of at least 4 members (excludes halogenated alkanes) is 1. The zero-order valence-corrected chi connectivity index (χ0v) is 18.0. The first kappa shape index (κ1) is 24.5. The number of rotatable bonds is 13. The van der Waals surface area contributed by atoms with Crippen molar-refractivity contribution < 1.29 is 10.2 Å². The molecule has 4 unspecified atom stereocenters. The molecule has 0 aromatic heterocycles. The van der Waals surface area contributed by atoms with Crippen LogP contribution in [-0.2, 0) is 0 Å². The predicted octanol–water partition coefficient (Wildman–Crippen LogP) is 0.823. The minimum Gasteiger partial charge on any atom is -0.393 e. The van der Waals surface area contributed by atoms with Gasteiger partial charge in [0.15, 0.2) is 0 Å². The average Bonchev–Trinajstić information content (AvgIpc) is 3.14. The summed E-state index contributed by atoms with van der Waals surface area (Å²) in [7, 11) is 0. The summed E-state index contributed by atoms with van der Waals surface area (Å²) in [5.41, 5.74) is 23.8. The maximum Gasteiger partial charge on any atom is 0.107 e. The van der Waals surface area contributed by atoms with Crippen LogP contribution >= 0.6 is 23.5 Å². The second kappa shape index (κ2) is 11.5.